The molecule has 0 spiro atoms. The maximum Gasteiger partial charge on any atom is 0.254 e. The molecule has 0 radical (unpaired) electrons. The molecular formula is C20H18FN3O3. The lowest BCUT2D eigenvalue weighted by Crippen LogP contribution is -2.30. The standard InChI is InChI=1S/C20H18FN3O3/c1-26-16-10-6-13(7-11-16)18-22-19(27-23-18)17-3-2-12-24(17)20(25)14-4-8-15(21)9-5-14/h4-11,17H,2-3,12H2,1H3. The molecule has 0 aliphatic carbocycles. The summed E-state index contributed by atoms with van der Waals surface area (Å²) in [7, 11) is 1.61. The summed E-state index contributed by atoms with van der Waals surface area (Å²) in [4.78, 5) is 19.0. The first-order valence-corrected chi connectivity index (χ1v) is 8.70. The van der Waals surface area contributed by atoms with Crippen molar-refractivity contribution in [2.45, 2.75) is 18.9 Å². The molecule has 27 heavy (non-hydrogen) atoms. The number of halogens is 1. The highest BCUT2D eigenvalue weighted by molar-refractivity contribution is 5.94. The zero-order chi connectivity index (χ0) is 18.8. The van der Waals surface area contributed by atoms with Gasteiger partial charge in [0, 0.05) is 17.7 Å². The molecule has 138 valence electrons. The van der Waals surface area contributed by atoms with Crippen LogP contribution in [-0.4, -0.2) is 34.6 Å². The summed E-state index contributed by atoms with van der Waals surface area (Å²) in [5.74, 6) is 1.09. The number of hydrogen-bond donors (Lipinski definition) is 0. The maximum absolute atomic E-state index is 13.1. The number of amides is 1. The largest absolute Gasteiger partial charge is 0.497 e. The number of rotatable bonds is 4. The zero-order valence-electron chi connectivity index (χ0n) is 14.8. The van der Waals surface area contributed by atoms with Crippen molar-refractivity contribution in [3.8, 4) is 17.1 Å². The molecule has 2 aromatic carbocycles. The average Bonchev–Trinajstić information content (AvgIpc) is 3.37. The van der Waals surface area contributed by atoms with Gasteiger partial charge in [-0.25, -0.2) is 4.39 Å². The van der Waals surface area contributed by atoms with Crippen LogP contribution in [0.15, 0.2) is 53.1 Å². The van der Waals surface area contributed by atoms with Crippen LogP contribution >= 0.6 is 0 Å². The van der Waals surface area contributed by atoms with Gasteiger partial charge in [-0.3, -0.25) is 4.79 Å². The van der Waals surface area contributed by atoms with Gasteiger partial charge in [0.25, 0.3) is 5.91 Å². The maximum atomic E-state index is 13.1. The second-order valence-electron chi connectivity index (χ2n) is 6.35. The predicted octanol–water partition coefficient (Wildman–Crippen LogP) is 3.86. The van der Waals surface area contributed by atoms with E-state index in [0.29, 0.717) is 23.8 Å². The highest BCUT2D eigenvalue weighted by atomic mass is 19.1. The lowest BCUT2D eigenvalue weighted by molar-refractivity contribution is 0.0710. The second kappa shape index (κ2) is 7.19. The molecule has 4 rings (SSSR count). The van der Waals surface area contributed by atoms with Gasteiger partial charge in [-0.15, -0.1) is 0 Å². The lowest BCUT2D eigenvalue weighted by atomic mass is 10.1. The van der Waals surface area contributed by atoms with Gasteiger partial charge in [0.15, 0.2) is 0 Å². The molecule has 0 saturated carbocycles. The van der Waals surface area contributed by atoms with Crippen molar-refractivity contribution in [1.82, 2.24) is 15.0 Å². The predicted molar refractivity (Wildman–Crippen MR) is 95.7 cm³/mol. The molecule has 0 bridgehead atoms. The summed E-state index contributed by atoms with van der Waals surface area (Å²) >= 11 is 0. The first-order valence-electron chi connectivity index (χ1n) is 8.70. The Labute approximate surface area is 155 Å². The number of hydrogen-bond acceptors (Lipinski definition) is 5. The monoisotopic (exact) mass is 367 g/mol. The number of nitrogens with zero attached hydrogens (tertiary/aromatic N) is 3. The van der Waals surface area contributed by atoms with E-state index in [1.165, 1.54) is 24.3 Å². The molecule has 2 heterocycles. The van der Waals surface area contributed by atoms with Gasteiger partial charge in [0.1, 0.15) is 17.6 Å². The van der Waals surface area contributed by atoms with Crippen molar-refractivity contribution in [1.29, 1.82) is 0 Å². The highest BCUT2D eigenvalue weighted by Crippen LogP contribution is 2.33. The third-order valence-electron chi connectivity index (χ3n) is 4.68. The van der Waals surface area contributed by atoms with Gasteiger partial charge >= 0.3 is 0 Å². The minimum absolute atomic E-state index is 0.165. The normalized spacial score (nSPS) is 16.5. The van der Waals surface area contributed by atoms with E-state index < -0.39 is 0 Å². The first-order chi connectivity index (χ1) is 13.2. The Morgan fingerprint density at radius 1 is 1.19 bits per heavy atom. The van der Waals surface area contributed by atoms with E-state index >= 15 is 0 Å². The molecule has 1 aliphatic heterocycles. The van der Waals surface area contributed by atoms with Crippen LogP contribution < -0.4 is 4.74 Å². The molecule has 6 nitrogen and oxygen atoms in total. The van der Waals surface area contributed by atoms with E-state index in [9.17, 15) is 9.18 Å². The summed E-state index contributed by atoms with van der Waals surface area (Å²) in [6, 6.07) is 12.6. The van der Waals surface area contributed by atoms with Crippen LogP contribution in [-0.2, 0) is 0 Å². The number of ether oxygens (including phenoxy) is 1. The Balaban J connectivity index is 1.56. The Hall–Kier alpha value is -3.22. The molecule has 7 heteroatoms. The van der Waals surface area contributed by atoms with Crippen LogP contribution in [0.4, 0.5) is 4.39 Å². The van der Waals surface area contributed by atoms with E-state index in [1.807, 2.05) is 24.3 Å². The molecule has 1 fully saturated rings. The number of carbonyl (C=O) groups is 1. The molecule has 1 atom stereocenters. The summed E-state index contributed by atoms with van der Waals surface area (Å²) < 4.78 is 23.7. The molecule has 1 amide bonds. The Bertz CT molecular complexity index is 938. The molecule has 3 aromatic rings. The quantitative estimate of drug-likeness (QED) is 0.700. The van der Waals surface area contributed by atoms with E-state index in [0.717, 1.165) is 24.2 Å². The Morgan fingerprint density at radius 3 is 2.63 bits per heavy atom. The molecular weight excluding hydrogens is 349 g/mol. The van der Waals surface area contributed by atoms with Crippen LogP contribution in [0.3, 0.4) is 0 Å². The number of aromatic nitrogens is 2. The Morgan fingerprint density at radius 2 is 1.93 bits per heavy atom. The van der Waals surface area contributed by atoms with Gasteiger partial charge < -0.3 is 14.2 Å². The van der Waals surface area contributed by atoms with Crippen LogP contribution in [0.25, 0.3) is 11.4 Å². The number of carbonyl (C=O) groups excluding carboxylic acids is 1. The van der Waals surface area contributed by atoms with Crippen molar-refractivity contribution >= 4 is 5.91 Å². The van der Waals surface area contributed by atoms with Gasteiger partial charge in [-0.2, -0.15) is 4.98 Å². The van der Waals surface area contributed by atoms with Crippen molar-refractivity contribution in [3.63, 3.8) is 0 Å². The summed E-state index contributed by atoms with van der Waals surface area (Å²) in [5.41, 5.74) is 1.25. The van der Waals surface area contributed by atoms with Gasteiger partial charge in [0.2, 0.25) is 11.7 Å². The molecule has 1 aromatic heterocycles. The van der Waals surface area contributed by atoms with Crippen molar-refractivity contribution < 1.29 is 18.4 Å². The van der Waals surface area contributed by atoms with E-state index in [4.69, 9.17) is 9.26 Å². The molecule has 1 saturated heterocycles. The first kappa shape index (κ1) is 17.2. The third-order valence-corrected chi connectivity index (χ3v) is 4.68. The topological polar surface area (TPSA) is 68.5 Å². The third kappa shape index (κ3) is 3.40. The summed E-state index contributed by atoms with van der Waals surface area (Å²) in [5, 5.41) is 4.05. The fourth-order valence-electron chi connectivity index (χ4n) is 3.25. The van der Waals surface area contributed by atoms with E-state index in [2.05, 4.69) is 10.1 Å². The number of methoxy groups -OCH3 is 1. The minimum Gasteiger partial charge on any atom is -0.497 e. The number of likely N-dealkylation sites (tertiary alicyclic amines) is 1. The van der Waals surface area contributed by atoms with Crippen molar-refractivity contribution in [3.05, 3.63) is 65.8 Å². The smallest absolute Gasteiger partial charge is 0.254 e. The molecule has 1 unspecified atom stereocenters. The van der Waals surface area contributed by atoms with Crippen molar-refractivity contribution in [2.24, 2.45) is 0 Å². The van der Waals surface area contributed by atoms with Crippen LogP contribution in [0, 0.1) is 5.82 Å². The summed E-state index contributed by atoms with van der Waals surface area (Å²) in [6.07, 6.45) is 1.59. The Kier molecular flexibility index (Phi) is 4.58. The van der Waals surface area contributed by atoms with Crippen LogP contribution in [0.1, 0.15) is 35.1 Å². The minimum atomic E-state index is -0.370. The zero-order valence-corrected chi connectivity index (χ0v) is 14.8. The lowest BCUT2D eigenvalue weighted by Gasteiger charge is -2.21. The van der Waals surface area contributed by atoms with Gasteiger partial charge in [0.05, 0.1) is 7.11 Å². The van der Waals surface area contributed by atoms with Crippen LogP contribution in [0.5, 0.6) is 5.75 Å². The van der Waals surface area contributed by atoms with Crippen LogP contribution in [0.2, 0.25) is 0 Å². The average molecular weight is 367 g/mol. The van der Waals surface area contributed by atoms with Crippen molar-refractivity contribution in [2.75, 3.05) is 13.7 Å². The van der Waals surface area contributed by atoms with Gasteiger partial charge in [-0.1, -0.05) is 5.16 Å². The molecule has 0 N–H and O–H groups in total. The van der Waals surface area contributed by atoms with E-state index in [1.54, 1.807) is 12.0 Å². The number of benzene rings is 2. The molecule has 1 aliphatic rings. The fraction of sp³-hybridized carbons (Fsp3) is 0.250. The SMILES string of the molecule is COc1ccc(-c2noc(C3CCCN3C(=O)c3ccc(F)cc3)n2)cc1. The summed E-state index contributed by atoms with van der Waals surface area (Å²) in [6.45, 7) is 0.598. The second-order valence-corrected chi connectivity index (χ2v) is 6.35. The van der Waals surface area contributed by atoms with Gasteiger partial charge in [-0.05, 0) is 61.4 Å². The highest BCUT2D eigenvalue weighted by Gasteiger charge is 2.34. The van der Waals surface area contributed by atoms with E-state index in [-0.39, 0.29) is 17.8 Å². The fourth-order valence-corrected chi connectivity index (χ4v) is 3.25.